The third-order valence-electron chi connectivity index (χ3n) is 4.04. The van der Waals surface area contributed by atoms with Crippen molar-refractivity contribution in [3.8, 4) is 17.6 Å². The van der Waals surface area contributed by atoms with E-state index in [-0.39, 0.29) is 30.9 Å². The van der Waals surface area contributed by atoms with Crippen LogP contribution in [-0.2, 0) is 19.7 Å². The summed E-state index contributed by atoms with van der Waals surface area (Å²) in [5, 5.41) is 19.3. The van der Waals surface area contributed by atoms with Gasteiger partial charge < -0.3 is 19.8 Å². The highest BCUT2D eigenvalue weighted by Gasteiger charge is 2.41. The second-order valence-corrected chi connectivity index (χ2v) is 8.77. The minimum absolute atomic E-state index is 0.0266. The Morgan fingerprint density at radius 2 is 1.96 bits per heavy atom. The molecule has 1 fully saturated rings. The number of carbonyl (C=O) groups excluding carboxylic acids is 1. The van der Waals surface area contributed by atoms with Gasteiger partial charge in [0.25, 0.3) is 0 Å². The molecule has 10 heteroatoms. The van der Waals surface area contributed by atoms with E-state index < -0.39 is 33.7 Å². The Morgan fingerprint density at radius 1 is 1.32 bits per heavy atom. The summed E-state index contributed by atoms with van der Waals surface area (Å²) in [7, 11) is -4.06. The molecule has 28 heavy (non-hydrogen) atoms. The molecule has 2 rings (SSSR count). The Balaban J connectivity index is 2.15. The highest BCUT2D eigenvalue weighted by Crippen LogP contribution is 2.27. The number of β-amino-alcohol motifs (C(OH)–C–C–N with tert-alkyl or cyclic N) is 1. The molecule has 0 saturated carbocycles. The molecule has 0 spiro atoms. The van der Waals surface area contributed by atoms with Crippen molar-refractivity contribution in [2.75, 3.05) is 13.2 Å². The predicted molar refractivity (Wildman–Crippen MR) is 99.2 cm³/mol. The largest absolute Gasteiger partial charge is 0.481 e. The average Bonchev–Trinajstić information content (AvgIpc) is 2.64. The first kappa shape index (κ1) is 22.1. The number of rotatable bonds is 5. The molecule has 4 N–H and O–H groups in total. The van der Waals surface area contributed by atoms with Gasteiger partial charge in [-0.2, -0.15) is 10.2 Å². The van der Waals surface area contributed by atoms with Crippen molar-refractivity contribution in [3.63, 3.8) is 0 Å². The SMILES string of the molecule is CC(C)(O)C#CCOc1ccc(S(=O)(=O)N2CC(O)CCC2C(=O)ON)cc1. The number of hydrogen-bond acceptors (Lipinski definition) is 8. The van der Waals surface area contributed by atoms with E-state index in [1.165, 1.54) is 24.3 Å². The molecule has 1 aromatic rings. The van der Waals surface area contributed by atoms with Crippen LogP contribution in [0.2, 0.25) is 0 Å². The third-order valence-corrected chi connectivity index (χ3v) is 5.92. The van der Waals surface area contributed by atoms with Crippen LogP contribution in [0.25, 0.3) is 0 Å². The Morgan fingerprint density at radius 3 is 2.54 bits per heavy atom. The molecular weight excluding hydrogens is 388 g/mol. The van der Waals surface area contributed by atoms with Gasteiger partial charge in [-0.05, 0) is 51.0 Å². The second-order valence-electron chi connectivity index (χ2n) is 6.88. The smallest absolute Gasteiger partial charge is 0.342 e. The maximum Gasteiger partial charge on any atom is 0.342 e. The summed E-state index contributed by atoms with van der Waals surface area (Å²) >= 11 is 0. The summed E-state index contributed by atoms with van der Waals surface area (Å²) in [6.45, 7) is 2.89. The molecule has 2 unspecified atom stereocenters. The zero-order valence-electron chi connectivity index (χ0n) is 15.7. The number of ether oxygens (including phenoxy) is 1. The number of piperidine rings is 1. The molecule has 1 saturated heterocycles. The molecule has 9 nitrogen and oxygen atoms in total. The van der Waals surface area contributed by atoms with Gasteiger partial charge in [0.2, 0.25) is 10.0 Å². The van der Waals surface area contributed by atoms with Gasteiger partial charge in [-0.3, -0.25) is 0 Å². The topological polar surface area (TPSA) is 139 Å². The fraction of sp³-hybridized carbons (Fsp3) is 0.500. The molecule has 1 aliphatic rings. The zero-order valence-corrected chi connectivity index (χ0v) is 16.5. The van der Waals surface area contributed by atoms with E-state index in [2.05, 4.69) is 16.7 Å². The van der Waals surface area contributed by atoms with Crippen molar-refractivity contribution in [1.29, 1.82) is 0 Å². The van der Waals surface area contributed by atoms with Crippen LogP contribution in [0.5, 0.6) is 5.75 Å². The van der Waals surface area contributed by atoms with Crippen molar-refractivity contribution in [3.05, 3.63) is 24.3 Å². The zero-order chi connectivity index (χ0) is 20.9. The van der Waals surface area contributed by atoms with E-state index in [9.17, 15) is 23.4 Å². The number of carbonyl (C=O) groups is 1. The highest BCUT2D eigenvalue weighted by molar-refractivity contribution is 7.89. The Bertz CT molecular complexity index is 851. The Labute approximate surface area is 164 Å². The van der Waals surface area contributed by atoms with Gasteiger partial charge in [0.15, 0.2) is 0 Å². The number of nitrogens with zero attached hydrogens (tertiary/aromatic N) is 1. The molecule has 2 atom stereocenters. The Hall–Kier alpha value is -2.16. The quantitative estimate of drug-likeness (QED) is 0.445. The summed E-state index contributed by atoms with van der Waals surface area (Å²) < 4.78 is 32.1. The number of aliphatic hydroxyl groups excluding tert-OH is 1. The monoisotopic (exact) mass is 412 g/mol. The van der Waals surface area contributed by atoms with Crippen LogP contribution in [0.4, 0.5) is 0 Å². The van der Waals surface area contributed by atoms with Crippen LogP contribution in [0, 0.1) is 11.8 Å². The fourth-order valence-corrected chi connectivity index (χ4v) is 4.36. The minimum Gasteiger partial charge on any atom is -0.481 e. The molecule has 0 bridgehead atoms. The normalized spacial score (nSPS) is 20.8. The lowest BCUT2D eigenvalue weighted by Crippen LogP contribution is -2.52. The van der Waals surface area contributed by atoms with Gasteiger partial charge in [-0.15, -0.1) is 0 Å². The molecule has 1 aliphatic heterocycles. The van der Waals surface area contributed by atoms with Crippen molar-refractivity contribution < 1.29 is 33.0 Å². The third kappa shape index (κ3) is 5.67. The summed E-state index contributed by atoms with van der Waals surface area (Å²) in [6, 6.07) is 4.48. The first-order chi connectivity index (χ1) is 13.0. The van der Waals surface area contributed by atoms with Gasteiger partial charge in [-0.25, -0.2) is 13.2 Å². The first-order valence-corrected chi connectivity index (χ1v) is 10.0. The van der Waals surface area contributed by atoms with E-state index in [0.717, 1.165) is 4.31 Å². The fourth-order valence-electron chi connectivity index (χ4n) is 2.72. The lowest BCUT2D eigenvalue weighted by molar-refractivity contribution is -0.150. The van der Waals surface area contributed by atoms with Crippen LogP contribution in [0.1, 0.15) is 26.7 Å². The van der Waals surface area contributed by atoms with Gasteiger partial charge in [0, 0.05) is 6.54 Å². The Kier molecular flexibility index (Phi) is 7.03. The highest BCUT2D eigenvalue weighted by atomic mass is 32.2. The number of benzene rings is 1. The number of nitrogens with two attached hydrogens (primary N) is 1. The van der Waals surface area contributed by atoms with Gasteiger partial charge in [0.05, 0.1) is 11.0 Å². The molecular formula is C18H24N2O7S. The van der Waals surface area contributed by atoms with Crippen LogP contribution in [0.15, 0.2) is 29.2 Å². The van der Waals surface area contributed by atoms with Gasteiger partial charge >= 0.3 is 5.97 Å². The van der Waals surface area contributed by atoms with Crippen molar-refractivity contribution in [2.45, 2.75) is 49.3 Å². The lowest BCUT2D eigenvalue weighted by atomic mass is 10.0. The minimum atomic E-state index is -4.06. The number of aliphatic hydroxyl groups is 2. The molecule has 0 radical (unpaired) electrons. The summed E-state index contributed by atoms with van der Waals surface area (Å²) in [6.07, 6.45) is -0.504. The summed E-state index contributed by atoms with van der Waals surface area (Å²) in [4.78, 5) is 16.0. The van der Waals surface area contributed by atoms with Crippen LogP contribution in [-0.4, -0.2) is 59.8 Å². The molecule has 154 valence electrons. The van der Waals surface area contributed by atoms with Crippen LogP contribution >= 0.6 is 0 Å². The predicted octanol–water partition coefficient (Wildman–Crippen LogP) is -0.229. The number of sulfonamides is 1. The van der Waals surface area contributed by atoms with E-state index in [1.807, 2.05) is 0 Å². The van der Waals surface area contributed by atoms with E-state index in [4.69, 9.17) is 10.6 Å². The molecule has 1 aromatic carbocycles. The maximum absolute atomic E-state index is 12.9. The van der Waals surface area contributed by atoms with Crippen molar-refractivity contribution in [1.82, 2.24) is 4.31 Å². The molecule has 0 aromatic heterocycles. The summed E-state index contributed by atoms with van der Waals surface area (Å²) in [5.41, 5.74) is -1.12. The standard InChI is InChI=1S/C18H24N2O7S/c1-18(2,23)10-3-11-26-14-5-7-15(8-6-14)28(24,25)20-12-13(21)4-9-16(20)17(22)27-19/h5-8,13,16,21,23H,4,9,11-12,19H2,1-2H3. The van der Waals surface area contributed by atoms with Crippen LogP contribution in [0.3, 0.4) is 0 Å². The van der Waals surface area contributed by atoms with Gasteiger partial charge in [0.1, 0.15) is 24.0 Å². The van der Waals surface area contributed by atoms with Crippen molar-refractivity contribution >= 4 is 16.0 Å². The number of hydrogen-bond donors (Lipinski definition) is 3. The maximum atomic E-state index is 12.9. The molecule has 0 amide bonds. The average molecular weight is 412 g/mol. The first-order valence-electron chi connectivity index (χ1n) is 8.60. The van der Waals surface area contributed by atoms with Crippen molar-refractivity contribution in [2.24, 2.45) is 5.90 Å². The van der Waals surface area contributed by atoms with E-state index in [0.29, 0.717) is 5.75 Å². The van der Waals surface area contributed by atoms with Crippen LogP contribution < -0.4 is 10.6 Å². The second kappa shape index (κ2) is 8.89. The van der Waals surface area contributed by atoms with E-state index >= 15 is 0 Å². The summed E-state index contributed by atoms with van der Waals surface area (Å²) in [5.74, 6) is 9.68. The molecule has 1 heterocycles. The van der Waals surface area contributed by atoms with Gasteiger partial charge in [-0.1, -0.05) is 11.8 Å². The molecule has 0 aliphatic carbocycles. The lowest BCUT2D eigenvalue weighted by Gasteiger charge is -2.34. The van der Waals surface area contributed by atoms with E-state index in [1.54, 1.807) is 13.8 Å².